The second-order valence-corrected chi connectivity index (χ2v) is 9.00. The molecule has 31 heavy (non-hydrogen) atoms. The molecule has 1 amide bonds. The molecule has 0 aliphatic heterocycles. The second kappa shape index (κ2) is 10.3. The van der Waals surface area contributed by atoms with Gasteiger partial charge >= 0.3 is 0 Å². The van der Waals surface area contributed by atoms with Crippen LogP contribution in [0.15, 0.2) is 83.8 Å². The van der Waals surface area contributed by atoms with E-state index < -0.39 is 10.0 Å². The summed E-state index contributed by atoms with van der Waals surface area (Å²) < 4.78 is 33.2. The molecule has 1 N–H and O–H groups in total. The monoisotopic (exact) mass is 458 g/mol. The molecule has 0 atom stereocenters. The molecule has 8 heteroatoms. The van der Waals surface area contributed by atoms with Crippen molar-refractivity contribution in [3.05, 3.63) is 89.4 Å². The molecule has 0 aliphatic rings. The molecular weight excluding hydrogens is 436 g/mol. The Balaban J connectivity index is 1.56. The number of rotatable bonds is 9. The summed E-state index contributed by atoms with van der Waals surface area (Å²) in [5.74, 6) is 0.475. The Hall–Kier alpha value is -3.03. The third-order valence-corrected chi connectivity index (χ3v) is 6.10. The van der Waals surface area contributed by atoms with Crippen molar-refractivity contribution in [3.63, 3.8) is 0 Å². The Labute approximate surface area is 187 Å². The van der Waals surface area contributed by atoms with E-state index in [1.54, 1.807) is 60.5 Å². The predicted molar refractivity (Wildman–Crippen MR) is 122 cm³/mol. The topological polar surface area (TPSA) is 75.7 Å². The molecule has 3 rings (SSSR count). The van der Waals surface area contributed by atoms with Crippen molar-refractivity contribution in [2.24, 2.45) is 0 Å². The highest BCUT2D eigenvalue weighted by atomic mass is 35.5. The third-order valence-electron chi connectivity index (χ3n) is 4.46. The number of hydrogen-bond donors (Lipinski definition) is 1. The highest BCUT2D eigenvalue weighted by Crippen LogP contribution is 2.19. The second-order valence-electron chi connectivity index (χ2n) is 6.89. The molecule has 3 aromatic carbocycles. The van der Waals surface area contributed by atoms with E-state index in [0.29, 0.717) is 41.6 Å². The fourth-order valence-electron chi connectivity index (χ4n) is 2.90. The summed E-state index contributed by atoms with van der Waals surface area (Å²) in [6, 6.07) is 21.6. The van der Waals surface area contributed by atoms with Gasteiger partial charge in [0.2, 0.25) is 0 Å². The first-order chi connectivity index (χ1) is 14.8. The summed E-state index contributed by atoms with van der Waals surface area (Å²) in [6.07, 6.45) is 0.634. The van der Waals surface area contributed by atoms with Crippen LogP contribution in [-0.4, -0.2) is 39.4 Å². The summed E-state index contributed by atoms with van der Waals surface area (Å²) in [5.41, 5.74) is 0.721. The highest BCUT2D eigenvalue weighted by molar-refractivity contribution is 7.92. The van der Waals surface area contributed by atoms with E-state index in [9.17, 15) is 13.2 Å². The molecule has 162 valence electrons. The smallest absolute Gasteiger partial charge is 0.261 e. The van der Waals surface area contributed by atoms with E-state index in [4.69, 9.17) is 16.3 Å². The minimum atomic E-state index is -3.72. The van der Waals surface area contributed by atoms with Crippen LogP contribution in [0, 0.1) is 0 Å². The number of halogens is 1. The summed E-state index contributed by atoms with van der Waals surface area (Å²) in [5, 5.41) is 0.604. The van der Waals surface area contributed by atoms with Gasteiger partial charge in [0.15, 0.2) is 0 Å². The number of sulfonamides is 1. The first-order valence-electron chi connectivity index (χ1n) is 9.67. The van der Waals surface area contributed by atoms with Gasteiger partial charge in [0.1, 0.15) is 5.75 Å². The van der Waals surface area contributed by atoms with Crippen LogP contribution < -0.4 is 9.46 Å². The lowest BCUT2D eigenvalue weighted by Crippen LogP contribution is -2.28. The van der Waals surface area contributed by atoms with Gasteiger partial charge in [-0.3, -0.25) is 9.52 Å². The van der Waals surface area contributed by atoms with Gasteiger partial charge in [-0.15, -0.1) is 0 Å². The molecule has 0 bridgehead atoms. The average Bonchev–Trinajstić information content (AvgIpc) is 2.76. The molecule has 0 unspecified atom stereocenters. The SMILES string of the molecule is CN(CCCOc1cccc(Cl)c1)C(=O)c1cccc(NS(=O)(=O)c2ccccc2)c1. The summed E-state index contributed by atoms with van der Waals surface area (Å²) in [6.45, 7) is 0.925. The van der Waals surface area contributed by atoms with Crippen molar-refractivity contribution in [2.45, 2.75) is 11.3 Å². The summed E-state index contributed by atoms with van der Waals surface area (Å²) in [7, 11) is -2.03. The number of carbonyl (C=O) groups excluding carboxylic acids is 1. The Morgan fingerprint density at radius 1 is 1.00 bits per heavy atom. The van der Waals surface area contributed by atoms with Gasteiger partial charge in [-0.2, -0.15) is 0 Å². The largest absolute Gasteiger partial charge is 0.493 e. The van der Waals surface area contributed by atoms with Crippen molar-refractivity contribution in [1.82, 2.24) is 4.90 Å². The van der Waals surface area contributed by atoms with E-state index in [1.807, 2.05) is 12.1 Å². The lowest BCUT2D eigenvalue weighted by atomic mass is 10.2. The zero-order chi connectivity index (χ0) is 22.3. The Morgan fingerprint density at radius 3 is 2.48 bits per heavy atom. The molecule has 0 aromatic heterocycles. The van der Waals surface area contributed by atoms with Crippen LogP contribution in [0.25, 0.3) is 0 Å². The van der Waals surface area contributed by atoms with Gasteiger partial charge in [-0.05, 0) is 55.0 Å². The van der Waals surface area contributed by atoms with Crippen molar-refractivity contribution >= 4 is 33.2 Å². The van der Waals surface area contributed by atoms with E-state index in [2.05, 4.69) is 4.72 Å². The minimum Gasteiger partial charge on any atom is -0.493 e. The molecule has 0 saturated carbocycles. The van der Waals surface area contributed by atoms with Gasteiger partial charge < -0.3 is 9.64 Å². The van der Waals surface area contributed by atoms with Gasteiger partial charge in [-0.25, -0.2) is 8.42 Å². The van der Waals surface area contributed by atoms with Crippen LogP contribution in [0.4, 0.5) is 5.69 Å². The predicted octanol–water partition coefficient (Wildman–Crippen LogP) is 4.68. The van der Waals surface area contributed by atoms with Crippen LogP contribution in [0.2, 0.25) is 5.02 Å². The zero-order valence-electron chi connectivity index (χ0n) is 17.0. The lowest BCUT2D eigenvalue weighted by Gasteiger charge is -2.18. The Morgan fingerprint density at radius 2 is 1.74 bits per heavy atom. The number of nitrogens with one attached hydrogen (secondary N) is 1. The van der Waals surface area contributed by atoms with Gasteiger partial charge in [-0.1, -0.05) is 41.9 Å². The van der Waals surface area contributed by atoms with Gasteiger partial charge in [0, 0.05) is 29.9 Å². The zero-order valence-corrected chi connectivity index (χ0v) is 18.6. The number of anilines is 1. The number of hydrogen-bond acceptors (Lipinski definition) is 4. The molecule has 0 aliphatic carbocycles. The van der Waals surface area contributed by atoms with E-state index >= 15 is 0 Å². The average molecular weight is 459 g/mol. The van der Waals surface area contributed by atoms with Crippen molar-refractivity contribution in [1.29, 1.82) is 0 Å². The summed E-state index contributed by atoms with van der Waals surface area (Å²) >= 11 is 5.93. The number of carbonyl (C=O) groups is 1. The fourth-order valence-corrected chi connectivity index (χ4v) is 4.15. The number of nitrogens with zero attached hydrogens (tertiary/aromatic N) is 1. The van der Waals surface area contributed by atoms with Crippen LogP contribution in [0.5, 0.6) is 5.75 Å². The van der Waals surface area contributed by atoms with Gasteiger partial charge in [0.05, 0.1) is 11.5 Å². The normalized spacial score (nSPS) is 11.0. The van der Waals surface area contributed by atoms with Crippen molar-refractivity contribution in [2.75, 3.05) is 24.9 Å². The highest BCUT2D eigenvalue weighted by Gasteiger charge is 2.16. The first-order valence-corrected chi connectivity index (χ1v) is 11.5. The molecule has 0 saturated heterocycles. The molecule has 6 nitrogen and oxygen atoms in total. The first kappa shape index (κ1) is 22.7. The standard InChI is InChI=1S/C23H23ClN2O4S/c1-26(14-7-15-30-21-11-6-9-19(24)17-21)23(27)18-8-5-10-20(16-18)25-31(28,29)22-12-3-2-4-13-22/h2-6,8-13,16-17,25H,7,14-15H2,1H3. The maximum atomic E-state index is 12.7. The van der Waals surface area contributed by atoms with Crippen LogP contribution >= 0.6 is 11.6 Å². The maximum absolute atomic E-state index is 12.7. The number of ether oxygens (including phenoxy) is 1. The number of benzene rings is 3. The maximum Gasteiger partial charge on any atom is 0.261 e. The van der Waals surface area contributed by atoms with Crippen LogP contribution in [-0.2, 0) is 10.0 Å². The third kappa shape index (κ3) is 6.47. The van der Waals surface area contributed by atoms with Crippen LogP contribution in [0.3, 0.4) is 0 Å². The number of amides is 1. The molecule has 3 aromatic rings. The van der Waals surface area contributed by atoms with E-state index in [0.717, 1.165) is 0 Å². The Bertz CT molecular complexity index is 1140. The van der Waals surface area contributed by atoms with Crippen LogP contribution in [0.1, 0.15) is 16.8 Å². The molecule has 0 radical (unpaired) electrons. The minimum absolute atomic E-state index is 0.156. The molecular formula is C23H23ClN2O4S. The molecule has 0 fully saturated rings. The molecule has 0 heterocycles. The Kier molecular flexibility index (Phi) is 7.55. The van der Waals surface area contributed by atoms with E-state index in [-0.39, 0.29) is 10.8 Å². The van der Waals surface area contributed by atoms with Crippen molar-refractivity contribution in [3.8, 4) is 5.75 Å². The van der Waals surface area contributed by atoms with Crippen molar-refractivity contribution < 1.29 is 17.9 Å². The summed E-state index contributed by atoms with van der Waals surface area (Å²) in [4.78, 5) is 14.5. The quantitative estimate of drug-likeness (QED) is 0.472. The molecule has 0 spiro atoms. The van der Waals surface area contributed by atoms with E-state index in [1.165, 1.54) is 18.2 Å². The lowest BCUT2D eigenvalue weighted by molar-refractivity contribution is 0.0788. The van der Waals surface area contributed by atoms with Gasteiger partial charge in [0.25, 0.3) is 15.9 Å². The fraction of sp³-hybridized carbons (Fsp3) is 0.174.